The molecule has 0 bridgehead atoms. The minimum atomic E-state index is 0.902. The number of hydrogen-bond acceptors (Lipinski definition) is 2. The van der Waals surface area contributed by atoms with Gasteiger partial charge >= 0.3 is 0 Å². The van der Waals surface area contributed by atoms with Gasteiger partial charge in [-0.25, -0.2) is 0 Å². The number of aromatic nitrogens is 1. The third-order valence-electron chi connectivity index (χ3n) is 13.4. The van der Waals surface area contributed by atoms with E-state index in [0.717, 1.165) is 72.5 Å². The molecule has 0 N–H and O–H groups in total. The van der Waals surface area contributed by atoms with Crippen LogP contribution in [0.3, 0.4) is 0 Å². The van der Waals surface area contributed by atoms with Crippen LogP contribution in [0, 0.1) is 0 Å². The lowest BCUT2D eigenvalue weighted by molar-refractivity contribution is 0.669. The second-order valence-electron chi connectivity index (χ2n) is 17.3. The van der Waals surface area contributed by atoms with Crippen LogP contribution in [-0.4, -0.2) is 4.57 Å². The van der Waals surface area contributed by atoms with Gasteiger partial charge in [-0.3, -0.25) is 0 Å². The smallest absolute Gasteiger partial charge is 0.136 e. The van der Waals surface area contributed by atoms with Crippen LogP contribution in [0.25, 0.3) is 105 Å². The van der Waals surface area contributed by atoms with Crippen molar-refractivity contribution in [2.75, 3.05) is 4.90 Å². The van der Waals surface area contributed by atoms with Crippen LogP contribution >= 0.6 is 0 Å². The Bertz CT molecular complexity index is 3910. The average molecular weight is 855 g/mol. The number of hydrogen-bond donors (Lipinski definition) is 0. The molecule has 2 aromatic heterocycles. The van der Waals surface area contributed by atoms with Gasteiger partial charge in [0, 0.05) is 44.3 Å². The molecule has 3 heteroatoms. The van der Waals surface area contributed by atoms with Gasteiger partial charge in [0.15, 0.2) is 0 Å². The van der Waals surface area contributed by atoms with Crippen molar-refractivity contribution in [3.05, 3.63) is 255 Å². The van der Waals surface area contributed by atoms with E-state index < -0.39 is 0 Å². The summed E-state index contributed by atoms with van der Waals surface area (Å²) in [6.07, 6.45) is 0. The van der Waals surface area contributed by atoms with E-state index in [1.807, 2.05) is 12.1 Å². The van der Waals surface area contributed by atoms with Crippen LogP contribution in [0.2, 0.25) is 0 Å². The minimum Gasteiger partial charge on any atom is -0.456 e. The zero-order valence-corrected chi connectivity index (χ0v) is 36.6. The third kappa shape index (κ3) is 6.76. The number of benzene rings is 11. The molecule has 314 valence electrons. The highest BCUT2D eigenvalue weighted by Crippen LogP contribution is 2.40. The number of rotatable bonds is 8. The third-order valence-corrected chi connectivity index (χ3v) is 13.4. The Hall–Kier alpha value is -8.92. The molecule has 67 heavy (non-hydrogen) atoms. The molecule has 0 aliphatic heterocycles. The molecule has 2 heterocycles. The molecule has 0 fully saturated rings. The second kappa shape index (κ2) is 16.0. The first-order valence-corrected chi connectivity index (χ1v) is 22.9. The summed E-state index contributed by atoms with van der Waals surface area (Å²) in [6.45, 7) is 0. The van der Waals surface area contributed by atoms with Gasteiger partial charge in [0.25, 0.3) is 0 Å². The van der Waals surface area contributed by atoms with E-state index in [2.05, 4.69) is 252 Å². The van der Waals surface area contributed by atoms with Crippen molar-refractivity contribution in [3.63, 3.8) is 0 Å². The van der Waals surface area contributed by atoms with E-state index in [-0.39, 0.29) is 0 Å². The molecule has 0 aliphatic carbocycles. The molecule has 3 nitrogen and oxygen atoms in total. The van der Waals surface area contributed by atoms with Crippen molar-refractivity contribution in [2.45, 2.75) is 0 Å². The van der Waals surface area contributed by atoms with Crippen molar-refractivity contribution >= 4 is 71.6 Å². The quantitative estimate of drug-likeness (QED) is 0.152. The van der Waals surface area contributed by atoms with E-state index in [0.29, 0.717) is 0 Å². The molecule has 13 aromatic rings. The van der Waals surface area contributed by atoms with Gasteiger partial charge in [0.05, 0.1) is 11.0 Å². The maximum absolute atomic E-state index is 6.25. The molecule has 0 aliphatic rings. The van der Waals surface area contributed by atoms with Gasteiger partial charge in [-0.1, -0.05) is 170 Å². The molecule has 0 amide bonds. The molecule has 13 rings (SSSR count). The van der Waals surface area contributed by atoms with Gasteiger partial charge in [0.2, 0.25) is 0 Å². The van der Waals surface area contributed by atoms with Crippen LogP contribution in [-0.2, 0) is 0 Å². The Kier molecular flexibility index (Phi) is 9.17. The summed E-state index contributed by atoms with van der Waals surface area (Å²) >= 11 is 0. The lowest BCUT2D eigenvalue weighted by atomic mass is 9.97. The van der Waals surface area contributed by atoms with Gasteiger partial charge < -0.3 is 13.9 Å². The van der Waals surface area contributed by atoms with Gasteiger partial charge in [-0.05, 0) is 140 Å². The zero-order valence-electron chi connectivity index (χ0n) is 36.6. The van der Waals surface area contributed by atoms with Gasteiger partial charge in [0.1, 0.15) is 11.2 Å². The summed E-state index contributed by atoms with van der Waals surface area (Å²) < 4.78 is 8.63. The van der Waals surface area contributed by atoms with Crippen LogP contribution < -0.4 is 4.90 Å². The number of furan rings is 1. The molecule has 0 saturated heterocycles. The summed E-state index contributed by atoms with van der Waals surface area (Å²) in [5.74, 6) is 0. The number of fused-ring (bicyclic) bond motifs is 7. The lowest BCUT2D eigenvalue weighted by Crippen LogP contribution is -2.09. The largest absolute Gasteiger partial charge is 0.456 e. The zero-order chi connectivity index (χ0) is 44.3. The molecular weight excluding hydrogens is 813 g/mol. The monoisotopic (exact) mass is 854 g/mol. The van der Waals surface area contributed by atoms with Crippen LogP contribution in [0.5, 0.6) is 0 Å². The van der Waals surface area contributed by atoms with E-state index in [1.54, 1.807) is 0 Å². The van der Waals surface area contributed by atoms with Crippen molar-refractivity contribution < 1.29 is 4.42 Å². The number of anilines is 3. The molecular formula is C64H42N2O. The van der Waals surface area contributed by atoms with Crippen molar-refractivity contribution in [1.29, 1.82) is 0 Å². The Morgan fingerprint density at radius 2 is 0.746 bits per heavy atom. The van der Waals surface area contributed by atoms with E-state index in [1.165, 1.54) is 49.3 Å². The van der Waals surface area contributed by atoms with E-state index in [9.17, 15) is 0 Å². The predicted octanol–water partition coefficient (Wildman–Crippen LogP) is 18.0. The Morgan fingerprint density at radius 3 is 1.42 bits per heavy atom. The van der Waals surface area contributed by atoms with Crippen LogP contribution in [0.1, 0.15) is 0 Å². The molecule has 0 spiro atoms. The van der Waals surface area contributed by atoms with Crippen LogP contribution in [0.4, 0.5) is 17.1 Å². The fourth-order valence-corrected chi connectivity index (χ4v) is 10.1. The summed E-state index contributed by atoms with van der Waals surface area (Å²) in [4.78, 5) is 2.36. The van der Waals surface area contributed by atoms with Gasteiger partial charge in [-0.15, -0.1) is 0 Å². The predicted molar refractivity (Wildman–Crippen MR) is 282 cm³/mol. The first kappa shape index (κ1) is 38.5. The molecule has 0 atom stereocenters. The lowest BCUT2D eigenvalue weighted by Gasteiger charge is -2.26. The molecule has 0 radical (unpaired) electrons. The maximum atomic E-state index is 6.25. The fraction of sp³-hybridized carbons (Fsp3) is 0. The van der Waals surface area contributed by atoms with Crippen molar-refractivity contribution in [1.82, 2.24) is 4.57 Å². The molecule has 0 unspecified atom stereocenters. The highest BCUT2D eigenvalue weighted by atomic mass is 16.3. The average Bonchev–Trinajstić information content (AvgIpc) is 3.95. The Morgan fingerprint density at radius 1 is 0.284 bits per heavy atom. The Labute approximate surface area is 388 Å². The summed E-state index contributed by atoms with van der Waals surface area (Å²) in [7, 11) is 0. The first-order valence-electron chi connectivity index (χ1n) is 22.9. The van der Waals surface area contributed by atoms with Gasteiger partial charge in [-0.2, -0.15) is 0 Å². The standard InChI is InChI=1S/C64H42N2O/c1-2-18-55-45(12-1)13-11-22-56(55)46-30-37-53(38-31-46)65(51-33-26-43(27-34-51)47-14-9-15-48(40-47)50-32-39-60-59-21-5-8-25-63(59)67-64(60)42-50)52-35-28-44(29-36-52)49-16-10-17-54(41-49)66-61-23-6-3-19-57(61)58-20-4-7-24-62(58)66/h1-42H. The minimum absolute atomic E-state index is 0.902. The van der Waals surface area contributed by atoms with Crippen LogP contribution in [0.15, 0.2) is 259 Å². The highest BCUT2D eigenvalue weighted by Gasteiger charge is 2.17. The summed E-state index contributed by atoms with van der Waals surface area (Å²) in [6, 6.07) is 91.9. The Balaban J connectivity index is 0.856. The SMILES string of the molecule is c1cc(-c2ccc(N(c3ccc(-c4cccc(-n5c6ccccc6c6ccccc65)c4)cc3)c3ccc(-c4cccc5ccccc45)cc3)cc2)cc(-c2ccc3c(c2)oc2ccccc23)c1. The number of para-hydroxylation sites is 3. The topological polar surface area (TPSA) is 21.3 Å². The summed E-state index contributed by atoms with van der Waals surface area (Å²) in [5.41, 5.74) is 18.0. The van der Waals surface area contributed by atoms with E-state index >= 15 is 0 Å². The molecule has 0 saturated carbocycles. The maximum Gasteiger partial charge on any atom is 0.136 e. The second-order valence-corrected chi connectivity index (χ2v) is 17.3. The van der Waals surface area contributed by atoms with E-state index in [4.69, 9.17) is 4.42 Å². The first-order chi connectivity index (χ1) is 33.2. The molecule has 11 aromatic carbocycles. The van der Waals surface area contributed by atoms with Crippen molar-refractivity contribution in [3.8, 4) is 50.2 Å². The highest BCUT2D eigenvalue weighted by molar-refractivity contribution is 6.09. The number of nitrogens with zero attached hydrogens (tertiary/aromatic N) is 2. The van der Waals surface area contributed by atoms with Crippen molar-refractivity contribution in [2.24, 2.45) is 0 Å². The summed E-state index contributed by atoms with van der Waals surface area (Å²) in [5, 5.41) is 7.29. The normalized spacial score (nSPS) is 11.6. The fourth-order valence-electron chi connectivity index (χ4n) is 10.1.